The van der Waals surface area contributed by atoms with Crippen molar-refractivity contribution >= 4 is 15.7 Å². The quantitative estimate of drug-likeness (QED) is 0.822. The first-order chi connectivity index (χ1) is 8.24. The molecule has 1 fully saturated rings. The molecule has 0 bridgehead atoms. The molecule has 0 amide bonds. The average molecular weight is 272 g/mol. The molecule has 18 heavy (non-hydrogen) atoms. The van der Waals surface area contributed by atoms with Gasteiger partial charge < -0.3 is 5.73 Å². The van der Waals surface area contributed by atoms with Crippen LogP contribution in [0.5, 0.6) is 0 Å². The first-order valence-corrected chi connectivity index (χ1v) is 7.30. The highest BCUT2D eigenvalue weighted by atomic mass is 32.2. The summed E-state index contributed by atoms with van der Waals surface area (Å²) in [4.78, 5) is -0.198. The normalized spacial score (nSPS) is 16.8. The number of anilines is 1. The van der Waals surface area contributed by atoms with Crippen LogP contribution in [0.25, 0.3) is 0 Å². The Bertz CT molecular complexity index is 565. The molecule has 6 heteroatoms. The van der Waals surface area contributed by atoms with Crippen molar-refractivity contribution in [2.45, 2.75) is 37.1 Å². The van der Waals surface area contributed by atoms with Gasteiger partial charge >= 0.3 is 0 Å². The number of benzene rings is 1. The zero-order valence-electron chi connectivity index (χ0n) is 10.4. The second-order valence-corrected chi connectivity index (χ2v) is 6.90. The fourth-order valence-electron chi connectivity index (χ4n) is 2.04. The molecular weight excluding hydrogens is 255 g/mol. The number of nitrogen functional groups attached to an aromatic ring is 1. The van der Waals surface area contributed by atoms with Crippen LogP contribution in [-0.2, 0) is 10.0 Å². The van der Waals surface area contributed by atoms with Gasteiger partial charge in [0.2, 0.25) is 10.0 Å². The molecule has 0 atom stereocenters. The molecule has 0 spiro atoms. The van der Waals surface area contributed by atoms with E-state index in [4.69, 9.17) is 5.73 Å². The van der Waals surface area contributed by atoms with E-state index >= 15 is 0 Å². The SMILES string of the molecule is CC(C)(NS(=O)(=O)c1cccc(F)c1N)C1CC1. The van der Waals surface area contributed by atoms with Crippen LogP contribution in [0.1, 0.15) is 26.7 Å². The highest BCUT2D eigenvalue weighted by Gasteiger charge is 2.41. The highest BCUT2D eigenvalue weighted by molar-refractivity contribution is 7.89. The van der Waals surface area contributed by atoms with Gasteiger partial charge in [0.25, 0.3) is 0 Å². The number of rotatable bonds is 4. The van der Waals surface area contributed by atoms with Gasteiger partial charge in [-0.15, -0.1) is 0 Å². The molecule has 1 aromatic carbocycles. The molecular formula is C12H17FN2O2S. The van der Waals surface area contributed by atoms with Crippen molar-refractivity contribution < 1.29 is 12.8 Å². The Kier molecular flexibility index (Phi) is 3.11. The molecule has 1 saturated carbocycles. The number of nitrogens with one attached hydrogen (secondary N) is 1. The largest absolute Gasteiger partial charge is 0.395 e. The second kappa shape index (κ2) is 4.20. The molecule has 0 radical (unpaired) electrons. The summed E-state index contributed by atoms with van der Waals surface area (Å²) in [6.07, 6.45) is 2.02. The minimum Gasteiger partial charge on any atom is -0.395 e. The van der Waals surface area contributed by atoms with Gasteiger partial charge in [-0.25, -0.2) is 17.5 Å². The van der Waals surface area contributed by atoms with Crippen LogP contribution in [0.2, 0.25) is 0 Å². The summed E-state index contributed by atoms with van der Waals surface area (Å²) in [6, 6.07) is 3.79. The van der Waals surface area contributed by atoms with E-state index in [-0.39, 0.29) is 10.6 Å². The Hall–Kier alpha value is -1.14. The van der Waals surface area contributed by atoms with Crippen molar-refractivity contribution in [3.8, 4) is 0 Å². The topological polar surface area (TPSA) is 72.2 Å². The van der Waals surface area contributed by atoms with E-state index in [1.807, 2.05) is 13.8 Å². The molecule has 2 rings (SSSR count). The van der Waals surface area contributed by atoms with Gasteiger partial charge in [0.1, 0.15) is 10.7 Å². The van der Waals surface area contributed by atoms with Crippen LogP contribution in [0.3, 0.4) is 0 Å². The molecule has 1 aliphatic carbocycles. The van der Waals surface area contributed by atoms with Crippen LogP contribution in [0, 0.1) is 11.7 Å². The van der Waals surface area contributed by atoms with Crippen molar-refractivity contribution in [1.82, 2.24) is 4.72 Å². The molecule has 1 aromatic rings. The molecule has 0 heterocycles. The zero-order chi connectivity index (χ0) is 13.6. The standard InChI is InChI=1S/C12H17FN2O2S/c1-12(2,8-6-7-8)15-18(16,17)10-5-3-4-9(13)11(10)14/h3-5,8,15H,6-7,14H2,1-2H3. The summed E-state index contributed by atoms with van der Waals surface area (Å²) in [6.45, 7) is 3.66. The third kappa shape index (κ3) is 2.49. The Labute approximate surface area is 106 Å². The molecule has 100 valence electrons. The maximum Gasteiger partial charge on any atom is 0.243 e. The molecule has 3 N–H and O–H groups in total. The van der Waals surface area contributed by atoms with Crippen molar-refractivity contribution in [2.24, 2.45) is 5.92 Å². The van der Waals surface area contributed by atoms with Gasteiger partial charge in [0.05, 0.1) is 5.69 Å². The Balaban J connectivity index is 2.33. The van der Waals surface area contributed by atoms with Crippen LogP contribution in [-0.4, -0.2) is 14.0 Å². The van der Waals surface area contributed by atoms with Crippen molar-refractivity contribution in [1.29, 1.82) is 0 Å². The van der Waals surface area contributed by atoms with Gasteiger partial charge in [-0.3, -0.25) is 0 Å². The van der Waals surface area contributed by atoms with Gasteiger partial charge in [-0.2, -0.15) is 0 Å². The van der Waals surface area contributed by atoms with E-state index in [2.05, 4.69) is 4.72 Å². The molecule has 0 saturated heterocycles. The zero-order valence-corrected chi connectivity index (χ0v) is 11.2. The fraction of sp³-hybridized carbons (Fsp3) is 0.500. The van der Waals surface area contributed by atoms with E-state index < -0.39 is 21.4 Å². The van der Waals surface area contributed by atoms with E-state index in [0.29, 0.717) is 5.92 Å². The first kappa shape index (κ1) is 13.3. The summed E-state index contributed by atoms with van der Waals surface area (Å²) >= 11 is 0. The van der Waals surface area contributed by atoms with Crippen molar-refractivity contribution in [2.75, 3.05) is 5.73 Å². The maximum atomic E-state index is 13.3. The maximum absolute atomic E-state index is 13.3. The lowest BCUT2D eigenvalue weighted by molar-refractivity contribution is 0.400. The lowest BCUT2D eigenvalue weighted by Crippen LogP contribution is -2.45. The molecule has 4 nitrogen and oxygen atoms in total. The van der Waals surface area contributed by atoms with Crippen LogP contribution in [0.15, 0.2) is 23.1 Å². The number of para-hydroxylation sites is 1. The van der Waals surface area contributed by atoms with Crippen LogP contribution in [0.4, 0.5) is 10.1 Å². The number of hydrogen-bond donors (Lipinski definition) is 2. The first-order valence-electron chi connectivity index (χ1n) is 5.82. The lowest BCUT2D eigenvalue weighted by atomic mass is 10.0. The third-order valence-electron chi connectivity index (χ3n) is 3.30. The summed E-state index contributed by atoms with van der Waals surface area (Å²) in [5.41, 5.74) is 4.62. The Morgan fingerprint density at radius 1 is 1.39 bits per heavy atom. The number of sulfonamides is 1. The minimum absolute atomic E-state index is 0.198. The fourth-order valence-corrected chi connectivity index (χ4v) is 3.66. The monoisotopic (exact) mass is 272 g/mol. The van der Waals surface area contributed by atoms with E-state index in [9.17, 15) is 12.8 Å². The molecule has 0 unspecified atom stereocenters. The molecule has 1 aliphatic rings. The average Bonchev–Trinajstić information content (AvgIpc) is 3.03. The van der Waals surface area contributed by atoms with Gasteiger partial charge in [0.15, 0.2) is 0 Å². The van der Waals surface area contributed by atoms with Crippen LogP contribution < -0.4 is 10.5 Å². The minimum atomic E-state index is -3.79. The summed E-state index contributed by atoms with van der Waals surface area (Å²) < 4.78 is 40.3. The van der Waals surface area contributed by atoms with E-state index in [0.717, 1.165) is 18.9 Å². The Morgan fingerprint density at radius 2 is 2.00 bits per heavy atom. The summed E-state index contributed by atoms with van der Waals surface area (Å²) in [5.74, 6) is -0.385. The molecule has 0 aromatic heterocycles. The smallest absolute Gasteiger partial charge is 0.243 e. The van der Waals surface area contributed by atoms with Gasteiger partial charge in [-0.1, -0.05) is 6.07 Å². The summed E-state index contributed by atoms with van der Waals surface area (Å²) in [7, 11) is -3.79. The lowest BCUT2D eigenvalue weighted by Gasteiger charge is -2.26. The number of nitrogens with two attached hydrogens (primary N) is 1. The summed E-state index contributed by atoms with van der Waals surface area (Å²) in [5, 5.41) is 0. The van der Waals surface area contributed by atoms with E-state index in [1.54, 1.807) is 0 Å². The second-order valence-electron chi connectivity index (χ2n) is 5.25. The van der Waals surface area contributed by atoms with Crippen molar-refractivity contribution in [3.63, 3.8) is 0 Å². The van der Waals surface area contributed by atoms with E-state index in [1.165, 1.54) is 12.1 Å². The van der Waals surface area contributed by atoms with Crippen molar-refractivity contribution in [3.05, 3.63) is 24.0 Å². The van der Waals surface area contributed by atoms with Crippen LogP contribution >= 0.6 is 0 Å². The third-order valence-corrected chi connectivity index (χ3v) is 5.03. The number of halogens is 1. The Morgan fingerprint density at radius 3 is 2.56 bits per heavy atom. The van der Waals surface area contributed by atoms with Gasteiger partial charge in [0, 0.05) is 5.54 Å². The predicted molar refractivity (Wildman–Crippen MR) is 67.9 cm³/mol. The molecule has 0 aliphatic heterocycles. The van der Waals surface area contributed by atoms with Gasteiger partial charge in [-0.05, 0) is 44.7 Å². The predicted octanol–water partition coefficient (Wildman–Crippen LogP) is 1.87. The highest BCUT2D eigenvalue weighted by Crippen LogP contribution is 2.40. The number of hydrogen-bond acceptors (Lipinski definition) is 3.